The van der Waals surface area contributed by atoms with Crippen molar-refractivity contribution < 1.29 is 23.2 Å². The molecule has 1 amide bonds. The maximum atomic E-state index is 13.3. The summed E-state index contributed by atoms with van der Waals surface area (Å²) in [7, 11) is -2.58. The predicted molar refractivity (Wildman–Crippen MR) is 131 cm³/mol. The largest absolute Gasteiger partial charge is 0.457 e. The van der Waals surface area contributed by atoms with E-state index in [1.165, 1.54) is 36.0 Å². The summed E-state index contributed by atoms with van der Waals surface area (Å²) >= 11 is 0. The molecule has 1 atom stereocenters. The summed E-state index contributed by atoms with van der Waals surface area (Å²) in [6.07, 6.45) is 2.43. The molecule has 0 saturated carbocycles. The van der Waals surface area contributed by atoms with Crippen molar-refractivity contribution in [1.82, 2.24) is 19.3 Å². The number of nitrogens with one attached hydrogen (secondary N) is 2. The van der Waals surface area contributed by atoms with E-state index in [1.807, 2.05) is 18.2 Å². The number of aromatic nitrogens is 2. The minimum absolute atomic E-state index is 0.0274. The van der Waals surface area contributed by atoms with Gasteiger partial charge in [-0.3, -0.25) is 19.8 Å². The fourth-order valence-corrected chi connectivity index (χ4v) is 5.01. The number of aromatic amines is 1. The molecule has 11 nitrogen and oxygen atoms in total. The van der Waals surface area contributed by atoms with E-state index >= 15 is 0 Å². The van der Waals surface area contributed by atoms with Crippen LogP contribution in [0.3, 0.4) is 0 Å². The maximum absolute atomic E-state index is 13.3. The maximum Gasteiger partial charge on any atom is 0.328 e. The van der Waals surface area contributed by atoms with Crippen LogP contribution in [-0.4, -0.2) is 46.5 Å². The molecule has 12 heteroatoms. The lowest BCUT2D eigenvalue weighted by molar-refractivity contribution is -0.130. The first-order valence-electron chi connectivity index (χ1n) is 11.2. The quantitative estimate of drug-likeness (QED) is 0.189. The van der Waals surface area contributed by atoms with E-state index in [4.69, 9.17) is 9.94 Å². The van der Waals surface area contributed by atoms with Gasteiger partial charge in [-0.15, -0.1) is 0 Å². The fourth-order valence-electron chi connectivity index (χ4n) is 3.62. The lowest BCUT2D eigenvalue weighted by Crippen LogP contribution is -2.40. The molecule has 2 aromatic carbocycles. The van der Waals surface area contributed by atoms with E-state index in [-0.39, 0.29) is 11.3 Å². The van der Waals surface area contributed by atoms with Gasteiger partial charge in [-0.1, -0.05) is 24.6 Å². The van der Waals surface area contributed by atoms with E-state index in [9.17, 15) is 22.8 Å². The van der Waals surface area contributed by atoms with Crippen LogP contribution >= 0.6 is 0 Å². The summed E-state index contributed by atoms with van der Waals surface area (Å²) in [5.41, 5.74) is 0.527. The normalized spacial score (nSPS) is 12.3. The van der Waals surface area contributed by atoms with Crippen LogP contribution in [0.4, 0.5) is 0 Å². The Morgan fingerprint density at radius 2 is 1.72 bits per heavy atom. The van der Waals surface area contributed by atoms with Gasteiger partial charge >= 0.3 is 5.69 Å². The molecule has 0 aliphatic carbocycles. The second kappa shape index (κ2) is 12.3. The first-order chi connectivity index (χ1) is 17.2. The van der Waals surface area contributed by atoms with Crippen molar-refractivity contribution in [3.05, 3.63) is 87.7 Å². The third-order valence-electron chi connectivity index (χ3n) is 5.62. The van der Waals surface area contributed by atoms with Crippen LogP contribution < -0.4 is 21.5 Å². The van der Waals surface area contributed by atoms with Crippen LogP contribution in [0.1, 0.15) is 25.7 Å². The van der Waals surface area contributed by atoms with Gasteiger partial charge in [0, 0.05) is 38.3 Å². The number of aryl methyl sites for hydroxylation is 1. The van der Waals surface area contributed by atoms with Crippen LogP contribution in [0.5, 0.6) is 11.5 Å². The monoisotopic (exact) mass is 516 g/mol. The number of nitrogens with zero attached hydrogens (tertiary/aromatic N) is 2. The summed E-state index contributed by atoms with van der Waals surface area (Å²) in [5, 5.41) is 8.96. The van der Waals surface area contributed by atoms with Crippen molar-refractivity contribution in [3.8, 4) is 11.5 Å². The Hall–Kier alpha value is -3.74. The number of carbonyl (C=O) groups is 1. The minimum Gasteiger partial charge on any atom is -0.457 e. The van der Waals surface area contributed by atoms with Gasteiger partial charge in [-0.2, -0.15) is 4.31 Å². The molecule has 0 fully saturated rings. The summed E-state index contributed by atoms with van der Waals surface area (Å²) in [5.74, 6) is 0.367. The molecule has 192 valence electrons. The molecular weight excluding hydrogens is 488 g/mol. The number of hydrogen-bond acceptors (Lipinski definition) is 7. The molecular formula is C24H28N4O7S. The Morgan fingerprint density at radius 3 is 2.36 bits per heavy atom. The number of sulfonamides is 1. The zero-order chi connectivity index (χ0) is 26.1. The average molecular weight is 517 g/mol. The molecule has 3 aromatic rings. The number of para-hydroxylation sites is 1. The number of carbonyl (C=O) groups excluding carboxylic acids is 1. The van der Waals surface area contributed by atoms with Gasteiger partial charge in [0.2, 0.25) is 15.9 Å². The number of unbranched alkanes of at least 4 members (excludes halogenated alkanes) is 1. The zero-order valence-corrected chi connectivity index (χ0v) is 20.5. The summed E-state index contributed by atoms with van der Waals surface area (Å²) in [6.45, 7) is 0.313. The summed E-state index contributed by atoms with van der Waals surface area (Å²) in [6, 6.07) is 15.5. The molecule has 1 heterocycles. The topological polar surface area (TPSA) is 151 Å². The molecule has 0 aliphatic heterocycles. The standard InChI is InChI=1S/C24H28N4O7S/c1-27(36(33,34)21-12-10-20(11-13-21)35-19-8-3-2-4-9-19)18(17-23(30)26-32)7-5-6-15-28-16-14-22(29)25-24(28)31/h2-4,8-14,16,18,32H,5-7,15,17H2,1H3,(H,26,30)(H,25,29,31). The number of benzene rings is 2. The van der Waals surface area contributed by atoms with Gasteiger partial charge in [-0.05, 0) is 49.2 Å². The molecule has 3 N–H and O–H groups in total. The molecule has 0 aliphatic rings. The Morgan fingerprint density at radius 1 is 1.06 bits per heavy atom. The summed E-state index contributed by atoms with van der Waals surface area (Å²) in [4.78, 5) is 37.0. The zero-order valence-electron chi connectivity index (χ0n) is 19.7. The highest BCUT2D eigenvalue weighted by atomic mass is 32.2. The second-order valence-corrected chi connectivity index (χ2v) is 10.1. The third-order valence-corrected chi connectivity index (χ3v) is 7.55. The van der Waals surface area contributed by atoms with Crippen molar-refractivity contribution in [2.45, 2.75) is 43.2 Å². The van der Waals surface area contributed by atoms with Gasteiger partial charge in [0.1, 0.15) is 11.5 Å². The van der Waals surface area contributed by atoms with Crippen molar-refractivity contribution in [3.63, 3.8) is 0 Å². The van der Waals surface area contributed by atoms with Crippen molar-refractivity contribution in [2.75, 3.05) is 7.05 Å². The molecule has 1 unspecified atom stereocenters. The third kappa shape index (κ3) is 7.13. The highest BCUT2D eigenvalue weighted by molar-refractivity contribution is 7.89. The second-order valence-electron chi connectivity index (χ2n) is 8.10. The number of hydroxylamine groups is 1. The van der Waals surface area contributed by atoms with Crippen LogP contribution in [0, 0.1) is 0 Å². The predicted octanol–water partition coefficient (Wildman–Crippen LogP) is 2.08. The number of H-pyrrole nitrogens is 1. The highest BCUT2D eigenvalue weighted by Crippen LogP contribution is 2.26. The fraction of sp³-hybridized carbons (Fsp3) is 0.292. The first kappa shape index (κ1) is 26.9. The van der Waals surface area contributed by atoms with E-state index < -0.39 is 33.2 Å². The molecule has 0 radical (unpaired) electrons. The van der Waals surface area contributed by atoms with Gasteiger partial charge in [0.05, 0.1) is 4.90 Å². The van der Waals surface area contributed by atoms with Crippen molar-refractivity contribution in [2.24, 2.45) is 0 Å². The Balaban J connectivity index is 1.67. The Labute approximate surface area is 208 Å². The minimum atomic E-state index is -3.96. The van der Waals surface area contributed by atoms with E-state index in [2.05, 4.69) is 4.98 Å². The van der Waals surface area contributed by atoms with Crippen LogP contribution in [0.2, 0.25) is 0 Å². The molecule has 1 aromatic heterocycles. The number of amides is 1. The lowest BCUT2D eigenvalue weighted by Gasteiger charge is -2.27. The van der Waals surface area contributed by atoms with Crippen LogP contribution in [0.15, 0.2) is 81.3 Å². The number of rotatable bonds is 12. The molecule has 0 bridgehead atoms. The van der Waals surface area contributed by atoms with Gasteiger partial charge in [0.15, 0.2) is 0 Å². The highest BCUT2D eigenvalue weighted by Gasteiger charge is 2.29. The summed E-state index contributed by atoms with van der Waals surface area (Å²) < 4.78 is 34.7. The van der Waals surface area contributed by atoms with Crippen molar-refractivity contribution >= 4 is 15.9 Å². The molecule has 36 heavy (non-hydrogen) atoms. The number of hydrogen-bond donors (Lipinski definition) is 3. The Bertz CT molecular complexity index is 1370. The SMILES string of the molecule is CN(C(CCCCn1ccc(=O)[nH]c1=O)CC(=O)NO)S(=O)(=O)c1ccc(Oc2ccccc2)cc1. The first-order valence-corrected chi connectivity index (χ1v) is 12.7. The van der Waals surface area contributed by atoms with E-state index in [0.29, 0.717) is 37.3 Å². The van der Waals surface area contributed by atoms with Gasteiger partial charge in [-0.25, -0.2) is 18.7 Å². The number of ether oxygens (including phenoxy) is 1. The van der Waals surface area contributed by atoms with Crippen LogP contribution in [0.25, 0.3) is 0 Å². The van der Waals surface area contributed by atoms with E-state index in [0.717, 1.165) is 4.31 Å². The molecule has 0 saturated heterocycles. The van der Waals surface area contributed by atoms with Crippen molar-refractivity contribution in [1.29, 1.82) is 0 Å². The van der Waals surface area contributed by atoms with Crippen LogP contribution in [-0.2, 0) is 21.4 Å². The molecule has 3 rings (SSSR count). The average Bonchev–Trinajstić information content (AvgIpc) is 2.87. The lowest BCUT2D eigenvalue weighted by atomic mass is 10.1. The van der Waals surface area contributed by atoms with Gasteiger partial charge < -0.3 is 9.30 Å². The van der Waals surface area contributed by atoms with E-state index in [1.54, 1.807) is 29.7 Å². The Kier molecular flexibility index (Phi) is 9.17. The van der Waals surface area contributed by atoms with Gasteiger partial charge in [0.25, 0.3) is 5.56 Å². The smallest absolute Gasteiger partial charge is 0.328 e. The molecule has 0 spiro atoms.